The van der Waals surface area contributed by atoms with Crippen LogP contribution in [-0.4, -0.2) is 41.3 Å². The fourth-order valence-corrected chi connectivity index (χ4v) is 1.31. The van der Waals surface area contributed by atoms with Crippen molar-refractivity contribution in [3.8, 4) is 0 Å². The summed E-state index contributed by atoms with van der Waals surface area (Å²) in [6.45, 7) is 5.98. The molecule has 1 aromatic rings. The molecule has 0 aliphatic rings. The van der Waals surface area contributed by atoms with E-state index in [2.05, 4.69) is 22.0 Å². The summed E-state index contributed by atoms with van der Waals surface area (Å²) in [6, 6.07) is 2.01. The van der Waals surface area contributed by atoms with E-state index >= 15 is 0 Å². The Morgan fingerprint density at radius 1 is 1.54 bits per heavy atom. The van der Waals surface area contributed by atoms with E-state index in [9.17, 15) is 0 Å². The van der Waals surface area contributed by atoms with E-state index in [1.54, 1.807) is 6.20 Å². The summed E-state index contributed by atoms with van der Waals surface area (Å²) >= 11 is 0. The molecule has 4 heteroatoms. The Hall–Kier alpha value is -0.870. The first kappa shape index (κ1) is 10.2. The lowest BCUT2D eigenvalue weighted by Gasteiger charge is -2.18. The van der Waals surface area contributed by atoms with Crippen LogP contribution in [0.5, 0.6) is 0 Å². The van der Waals surface area contributed by atoms with Crippen LogP contribution in [0.2, 0.25) is 0 Å². The minimum Gasteiger partial charge on any atom is -0.329 e. The minimum atomic E-state index is 0.733. The molecular weight excluding hydrogens is 164 g/mol. The van der Waals surface area contributed by atoms with Gasteiger partial charge in [0.15, 0.2) is 0 Å². The van der Waals surface area contributed by atoms with Crippen molar-refractivity contribution in [3.63, 3.8) is 0 Å². The molecule has 0 aromatic carbocycles. The number of likely N-dealkylation sites (N-methyl/N-ethyl adjacent to an activating group) is 1. The summed E-state index contributed by atoms with van der Waals surface area (Å²) in [5.74, 6) is 0. The van der Waals surface area contributed by atoms with Gasteiger partial charge in [0.1, 0.15) is 0 Å². The predicted molar refractivity (Wildman–Crippen MR) is 53.5 cm³/mol. The fourth-order valence-electron chi connectivity index (χ4n) is 1.31. The largest absolute Gasteiger partial charge is 0.329 e. The molecule has 1 rings (SSSR count). The van der Waals surface area contributed by atoms with Gasteiger partial charge in [-0.15, -0.1) is 0 Å². The van der Waals surface area contributed by atoms with Gasteiger partial charge in [0.05, 0.1) is 0 Å². The molecular formula is C9H18N4. The highest BCUT2D eigenvalue weighted by atomic mass is 15.1. The van der Waals surface area contributed by atoms with E-state index < -0.39 is 0 Å². The highest BCUT2D eigenvalue weighted by Crippen LogP contribution is 1.95. The van der Waals surface area contributed by atoms with Gasteiger partial charge < -0.3 is 10.6 Å². The molecule has 0 unspecified atom stereocenters. The number of aromatic nitrogens is 2. The number of H-pyrrole nitrogens is 1. The molecule has 0 fully saturated rings. The quantitative estimate of drug-likeness (QED) is 0.662. The van der Waals surface area contributed by atoms with Crippen molar-refractivity contribution < 1.29 is 0 Å². The Kier molecular flexibility index (Phi) is 4.49. The van der Waals surface area contributed by atoms with Crippen LogP contribution in [0.25, 0.3) is 0 Å². The summed E-state index contributed by atoms with van der Waals surface area (Å²) in [5, 5.41) is 6.85. The van der Waals surface area contributed by atoms with E-state index in [1.807, 2.05) is 6.07 Å². The third kappa shape index (κ3) is 3.57. The maximum atomic E-state index is 5.49. The first-order valence-corrected chi connectivity index (χ1v) is 4.77. The van der Waals surface area contributed by atoms with Gasteiger partial charge in [-0.3, -0.25) is 5.10 Å². The lowest BCUT2D eigenvalue weighted by molar-refractivity contribution is 0.299. The van der Waals surface area contributed by atoms with E-state index in [0.29, 0.717) is 0 Å². The molecule has 4 nitrogen and oxygen atoms in total. The summed E-state index contributed by atoms with van der Waals surface area (Å²) < 4.78 is 0. The van der Waals surface area contributed by atoms with Crippen LogP contribution in [0.4, 0.5) is 0 Å². The topological polar surface area (TPSA) is 57.9 Å². The maximum Gasteiger partial charge on any atom is 0.0490 e. The lowest BCUT2D eigenvalue weighted by atomic mass is 10.3. The Balaban J connectivity index is 2.23. The molecule has 0 amide bonds. The summed E-state index contributed by atoms with van der Waals surface area (Å²) in [4.78, 5) is 2.33. The predicted octanol–water partition coefficient (Wildman–Crippen LogP) is 0.233. The van der Waals surface area contributed by atoms with Gasteiger partial charge in [0, 0.05) is 37.9 Å². The van der Waals surface area contributed by atoms with Crippen LogP contribution in [0.3, 0.4) is 0 Å². The van der Waals surface area contributed by atoms with Crippen LogP contribution in [0.1, 0.15) is 12.6 Å². The summed E-state index contributed by atoms with van der Waals surface area (Å²) in [5.41, 5.74) is 6.68. The van der Waals surface area contributed by atoms with Gasteiger partial charge in [-0.2, -0.15) is 5.10 Å². The first-order valence-electron chi connectivity index (χ1n) is 4.77. The molecule has 1 aromatic heterocycles. The zero-order valence-corrected chi connectivity index (χ0v) is 8.16. The van der Waals surface area contributed by atoms with Crippen molar-refractivity contribution in [2.24, 2.45) is 5.73 Å². The Morgan fingerprint density at radius 2 is 2.38 bits per heavy atom. The highest BCUT2D eigenvalue weighted by Gasteiger charge is 2.01. The van der Waals surface area contributed by atoms with Crippen molar-refractivity contribution >= 4 is 0 Å². The second-order valence-electron chi connectivity index (χ2n) is 3.05. The molecule has 0 aliphatic heterocycles. The van der Waals surface area contributed by atoms with Gasteiger partial charge in [-0.1, -0.05) is 6.92 Å². The smallest absolute Gasteiger partial charge is 0.0490 e. The monoisotopic (exact) mass is 182 g/mol. The number of nitrogens with zero attached hydrogens (tertiary/aromatic N) is 2. The van der Waals surface area contributed by atoms with E-state index in [4.69, 9.17) is 5.73 Å². The molecule has 0 saturated heterocycles. The second kappa shape index (κ2) is 5.72. The van der Waals surface area contributed by atoms with Gasteiger partial charge >= 0.3 is 0 Å². The molecule has 13 heavy (non-hydrogen) atoms. The fraction of sp³-hybridized carbons (Fsp3) is 0.667. The number of hydrogen-bond donors (Lipinski definition) is 2. The molecule has 0 radical (unpaired) electrons. The molecule has 0 bridgehead atoms. The third-order valence-electron chi connectivity index (χ3n) is 2.15. The van der Waals surface area contributed by atoms with Gasteiger partial charge in [-0.25, -0.2) is 0 Å². The van der Waals surface area contributed by atoms with Gasteiger partial charge in [0.2, 0.25) is 0 Å². The van der Waals surface area contributed by atoms with Crippen molar-refractivity contribution in [1.82, 2.24) is 15.1 Å². The second-order valence-corrected chi connectivity index (χ2v) is 3.05. The molecule has 3 N–H and O–H groups in total. The molecule has 0 aliphatic carbocycles. The SMILES string of the molecule is CCN(CCN)CCc1ccn[nH]1. The van der Waals surface area contributed by atoms with Crippen LogP contribution in [0, 0.1) is 0 Å². The molecule has 74 valence electrons. The summed E-state index contributed by atoms with van der Waals surface area (Å²) in [7, 11) is 0. The van der Waals surface area contributed by atoms with Gasteiger partial charge in [-0.05, 0) is 12.6 Å². The zero-order chi connectivity index (χ0) is 9.52. The van der Waals surface area contributed by atoms with E-state index in [1.165, 1.54) is 5.69 Å². The van der Waals surface area contributed by atoms with Crippen LogP contribution < -0.4 is 5.73 Å². The standard InChI is InChI=1S/C9H18N4/c1-2-13(8-5-10)7-4-9-3-6-11-12-9/h3,6H,2,4-5,7-8,10H2,1H3,(H,11,12). The maximum absolute atomic E-state index is 5.49. The third-order valence-corrected chi connectivity index (χ3v) is 2.15. The lowest BCUT2D eigenvalue weighted by Crippen LogP contribution is -2.31. The molecule has 0 spiro atoms. The Bertz CT molecular complexity index is 207. The average molecular weight is 182 g/mol. The molecule has 0 atom stereocenters. The van der Waals surface area contributed by atoms with Crippen molar-refractivity contribution in [3.05, 3.63) is 18.0 Å². The van der Waals surface area contributed by atoms with Crippen LogP contribution in [0.15, 0.2) is 12.3 Å². The normalized spacial score (nSPS) is 11.0. The Morgan fingerprint density at radius 3 is 2.92 bits per heavy atom. The number of hydrogen-bond acceptors (Lipinski definition) is 3. The van der Waals surface area contributed by atoms with Gasteiger partial charge in [0.25, 0.3) is 0 Å². The molecule has 1 heterocycles. The van der Waals surface area contributed by atoms with Crippen molar-refractivity contribution in [1.29, 1.82) is 0 Å². The zero-order valence-electron chi connectivity index (χ0n) is 8.16. The highest BCUT2D eigenvalue weighted by molar-refractivity contribution is 4.97. The van der Waals surface area contributed by atoms with E-state index in [-0.39, 0.29) is 0 Å². The summed E-state index contributed by atoms with van der Waals surface area (Å²) in [6.07, 6.45) is 2.81. The Labute approximate surface area is 79.1 Å². The number of aromatic amines is 1. The number of nitrogens with one attached hydrogen (secondary N) is 1. The number of rotatable bonds is 6. The molecule has 0 saturated carbocycles. The van der Waals surface area contributed by atoms with Crippen LogP contribution >= 0.6 is 0 Å². The first-order chi connectivity index (χ1) is 6.36. The van der Waals surface area contributed by atoms with E-state index in [0.717, 1.165) is 32.6 Å². The van der Waals surface area contributed by atoms with Crippen molar-refractivity contribution in [2.45, 2.75) is 13.3 Å². The van der Waals surface area contributed by atoms with Crippen LogP contribution in [-0.2, 0) is 6.42 Å². The average Bonchev–Trinajstić information content (AvgIpc) is 2.64. The minimum absolute atomic E-state index is 0.733. The number of nitrogens with two attached hydrogens (primary N) is 1. The van der Waals surface area contributed by atoms with Crippen molar-refractivity contribution in [2.75, 3.05) is 26.2 Å².